The highest BCUT2D eigenvalue weighted by molar-refractivity contribution is 7.88. The second kappa shape index (κ2) is 8.80. The molecule has 0 spiro atoms. The van der Waals surface area contributed by atoms with Crippen molar-refractivity contribution in [1.29, 1.82) is 0 Å². The van der Waals surface area contributed by atoms with Crippen LogP contribution in [0.4, 0.5) is 4.39 Å². The van der Waals surface area contributed by atoms with E-state index in [1.54, 1.807) is 12.3 Å². The summed E-state index contributed by atoms with van der Waals surface area (Å²) >= 11 is 0. The van der Waals surface area contributed by atoms with E-state index in [1.165, 1.54) is 16.6 Å². The van der Waals surface area contributed by atoms with Gasteiger partial charge in [0.15, 0.2) is 11.6 Å². The number of ether oxygens (including phenoxy) is 1. The van der Waals surface area contributed by atoms with Gasteiger partial charge in [0.25, 0.3) is 0 Å². The number of H-pyrrole nitrogens is 1. The molecule has 3 aromatic rings. The molecule has 0 saturated carbocycles. The van der Waals surface area contributed by atoms with Crippen molar-refractivity contribution in [2.45, 2.75) is 26.2 Å². The molecule has 1 aliphatic heterocycles. The van der Waals surface area contributed by atoms with Gasteiger partial charge in [0.2, 0.25) is 10.0 Å². The molecule has 0 unspecified atom stereocenters. The van der Waals surface area contributed by atoms with Gasteiger partial charge in [-0.05, 0) is 53.8 Å². The standard InChI is InChI=1S/C23H26FN3O3S/c1-3-4-13-30-22-6-5-17(14-20(22)24)18-7-10-25-23-19(18)15-21(26-23)16-8-11-27(12-9-16)31(2,28)29/h5-8,10,14-15H,3-4,9,11-13H2,1-2H3,(H,25,26). The van der Waals surface area contributed by atoms with E-state index in [-0.39, 0.29) is 11.6 Å². The van der Waals surface area contributed by atoms with Gasteiger partial charge in [-0.3, -0.25) is 0 Å². The van der Waals surface area contributed by atoms with Crippen LogP contribution in [0.15, 0.2) is 42.6 Å². The molecule has 0 aliphatic carbocycles. The Kier molecular flexibility index (Phi) is 6.11. The van der Waals surface area contributed by atoms with Gasteiger partial charge in [0, 0.05) is 30.4 Å². The number of pyridine rings is 1. The predicted molar refractivity (Wildman–Crippen MR) is 121 cm³/mol. The minimum absolute atomic E-state index is 0.264. The second-order valence-electron chi connectivity index (χ2n) is 7.75. The second-order valence-corrected chi connectivity index (χ2v) is 9.73. The maximum atomic E-state index is 14.6. The zero-order valence-corrected chi connectivity index (χ0v) is 18.5. The fourth-order valence-electron chi connectivity index (χ4n) is 3.76. The van der Waals surface area contributed by atoms with Crippen LogP contribution in [0.1, 0.15) is 31.9 Å². The number of sulfonamides is 1. The number of aromatic nitrogens is 2. The number of rotatable bonds is 7. The number of fused-ring (bicyclic) bond motifs is 1. The highest BCUT2D eigenvalue weighted by atomic mass is 32.2. The zero-order chi connectivity index (χ0) is 22.0. The van der Waals surface area contributed by atoms with Crippen LogP contribution in [0.5, 0.6) is 5.75 Å². The minimum atomic E-state index is -3.19. The lowest BCUT2D eigenvalue weighted by Gasteiger charge is -2.23. The third-order valence-corrected chi connectivity index (χ3v) is 6.79. The quantitative estimate of drug-likeness (QED) is 0.542. The summed E-state index contributed by atoms with van der Waals surface area (Å²) in [5.41, 5.74) is 4.29. The first-order chi connectivity index (χ1) is 14.9. The first-order valence-electron chi connectivity index (χ1n) is 10.4. The van der Waals surface area contributed by atoms with Crippen molar-refractivity contribution in [3.8, 4) is 16.9 Å². The van der Waals surface area contributed by atoms with Gasteiger partial charge in [-0.25, -0.2) is 17.8 Å². The number of hydrogen-bond donors (Lipinski definition) is 1. The van der Waals surface area contributed by atoms with Crippen LogP contribution in [0.3, 0.4) is 0 Å². The summed E-state index contributed by atoms with van der Waals surface area (Å²) in [6.45, 7) is 3.37. The summed E-state index contributed by atoms with van der Waals surface area (Å²) in [6.07, 6.45) is 7.35. The van der Waals surface area contributed by atoms with E-state index >= 15 is 0 Å². The van der Waals surface area contributed by atoms with Crippen LogP contribution in [0, 0.1) is 5.82 Å². The fraction of sp³-hybridized carbons (Fsp3) is 0.348. The van der Waals surface area contributed by atoms with E-state index in [0.717, 1.165) is 40.6 Å². The molecule has 1 aliphatic rings. The van der Waals surface area contributed by atoms with Crippen molar-refractivity contribution in [1.82, 2.24) is 14.3 Å². The number of unbranched alkanes of at least 4 members (excludes halogenated alkanes) is 1. The molecule has 0 bridgehead atoms. The summed E-state index contributed by atoms with van der Waals surface area (Å²) in [4.78, 5) is 7.74. The molecule has 3 heterocycles. The van der Waals surface area contributed by atoms with Crippen molar-refractivity contribution in [3.63, 3.8) is 0 Å². The van der Waals surface area contributed by atoms with Crippen molar-refractivity contribution in [2.75, 3.05) is 26.0 Å². The molecule has 0 radical (unpaired) electrons. The van der Waals surface area contributed by atoms with E-state index in [2.05, 4.69) is 16.9 Å². The molecule has 31 heavy (non-hydrogen) atoms. The summed E-state index contributed by atoms with van der Waals surface area (Å²) in [5, 5.41) is 0.892. The first kappa shape index (κ1) is 21.5. The Morgan fingerprint density at radius 3 is 2.77 bits per heavy atom. The zero-order valence-electron chi connectivity index (χ0n) is 17.7. The molecule has 0 fully saturated rings. The van der Waals surface area contributed by atoms with Crippen molar-refractivity contribution >= 4 is 26.6 Å². The minimum Gasteiger partial charge on any atom is -0.491 e. The highest BCUT2D eigenvalue weighted by Gasteiger charge is 2.21. The maximum absolute atomic E-state index is 14.6. The van der Waals surface area contributed by atoms with Crippen LogP contribution in [-0.2, 0) is 10.0 Å². The van der Waals surface area contributed by atoms with E-state index in [0.29, 0.717) is 31.8 Å². The van der Waals surface area contributed by atoms with E-state index < -0.39 is 10.0 Å². The summed E-state index contributed by atoms with van der Waals surface area (Å²) in [5.74, 6) is -0.120. The highest BCUT2D eigenvalue weighted by Crippen LogP contribution is 2.33. The van der Waals surface area contributed by atoms with Crippen molar-refractivity contribution in [2.24, 2.45) is 0 Å². The van der Waals surface area contributed by atoms with Gasteiger partial charge in [-0.2, -0.15) is 4.31 Å². The molecule has 0 saturated heterocycles. The molecule has 8 heteroatoms. The lowest BCUT2D eigenvalue weighted by Crippen LogP contribution is -2.33. The largest absolute Gasteiger partial charge is 0.491 e. The number of benzene rings is 1. The smallest absolute Gasteiger partial charge is 0.211 e. The molecule has 2 aromatic heterocycles. The number of halogens is 1. The van der Waals surface area contributed by atoms with Gasteiger partial charge < -0.3 is 9.72 Å². The molecule has 6 nitrogen and oxygen atoms in total. The van der Waals surface area contributed by atoms with Crippen LogP contribution < -0.4 is 4.74 Å². The van der Waals surface area contributed by atoms with Gasteiger partial charge in [0.05, 0.1) is 12.9 Å². The molecule has 164 valence electrons. The van der Waals surface area contributed by atoms with Crippen LogP contribution in [0.2, 0.25) is 0 Å². The Morgan fingerprint density at radius 1 is 1.26 bits per heavy atom. The Morgan fingerprint density at radius 2 is 2.10 bits per heavy atom. The Bertz CT molecular complexity index is 1230. The SMILES string of the molecule is CCCCOc1ccc(-c2ccnc3[nH]c(C4=CCN(S(C)(=O)=O)CC4)cc23)cc1F. The van der Waals surface area contributed by atoms with E-state index in [9.17, 15) is 12.8 Å². The van der Waals surface area contributed by atoms with Crippen LogP contribution in [0.25, 0.3) is 27.7 Å². The fourth-order valence-corrected chi connectivity index (χ4v) is 4.53. The predicted octanol–water partition coefficient (Wildman–Crippen LogP) is 4.60. The van der Waals surface area contributed by atoms with Gasteiger partial charge in [-0.15, -0.1) is 0 Å². The third-order valence-electron chi connectivity index (χ3n) is 5.52. The average molecular weight is 444 g/mol. The number of aromatic amines is 1. The number of nitrogens with zero attached hydrogens (tertiary/aromatic N) is 2. The molecule has 4 rings (SSSR count). The molecule has 0 atom stereocenters. The van der Waals surface area contributed by atoms with Crippen LogP contribution >= 0.6 is 0 Å². The normalized spacial score (nSPS) is 15.3. The molecule has 1 N–H and O–H groups in total. The number of nitrogens with one attached hydrogen (secondary N) is 1. The Hall–Kier alpha value is -2.71. The topological polar surface area (TPSA) is 75.3 Å². The molecular weight excluding hydrogens is 417 g/mol. The van der Waals surface area contributed by atoms with Gasteiger partial charge >= 0.3 is 0 Å². The van der Waals surface area contributed by atoms with E-state index in [4.69, 9.17) is 4.74 Å². The lowest BCUT2D eigenvalue weighted by atomic mass is 10.0. The summed E-state index contributed by atoms with van der Waals surface area (Å²) in [7, 11) is -3.19. The Labute approximate surface area is 181 Å². The Balaban J connectivity index is 1.63. The van der Waals surface area contributed by atoms with Gasteiger partial charge in [0.1, 0.15) is 5.65 Å². The summed E-state index contributed by atoms with van der Waals surface area (Å²) < 4.78 is 45.0. The molecular formula is C23H26FN3O3S. The lowest BCUT2D eigenvalue weighted by molar-refractivity contribution is 0.294. The first-order valence-corrected chi connectivity index (χ1v) is 12.3. The summed E-state index contributed by atoms with van der Waals surface area (Å²) in [6, 6.07) is 8.89. The third kappa shape index (κ3) is 4.65. The maximum Gasteiger partial charge on any atom is 0.211 e. The average Bonchev–Trinajstić information content (AvgIpc) is 3.19. The molecule has 1 aromatic carbocycles. The number of hydrogen-bond acceptors (Lipinski definition) is 4. The van der Waals surface area contributed by atoms with E-state index in [1.807, 2.05) is 24.3 Å². The van der Waals surface area contributed by atoms with Crippen molar-refractivity contribution < 1.29 is 17.5 Å². The molecule has 0 amide bonds. The monoisotopic (exact) mass is 443 g/mol. The van der Waals surface area contributed by atoms with Crippen molar-refractivity contribution in [3.05, 3.63) is 54.1 Å². The van der Waals surface area contributed by atoms with Crippen LogP contribution in [-0.4, -0.2) is 48.6 Å². The van der Waals surface area contributed by atoms with Gasteiger partial charge in [-0.1, -0.05) is 25.5 Å².